The molecule has 1 radical (unpaired) electrons. The van der Waals surface area contributed by atoms with Gasteiger partial charge >= 0.3 is 12.5 Å². The molecular formula is C2HN2O. The molecule has 5 heavy (non-hydrogen) atoms. The van der Waals surface area contributed by atoms with E-state index in [-0.39, 0.29) is 0 Å². The summed E-state index contributed by atoms with van der Waals surface area (Å²) in [5, 5.41) is 0. The maximum absolute atomic E-state index is 8.97. The normalized spacial score (nSPS) is 4.80. The first kappa shape index (κ1) is 4.05. The third-order valence-corrected chi connectivity index (χ3v) is 0.110. The maximum atomic E-state index is 8.97. The number of rotatable bonds is 1. The van der Waals surface area contributed by atoms with Crippen LogP contribution < -0.4 is 0 Å². The Bertz CT molecular complexity index is 71.7. The van der Waals surface area contributed by atoms with Crippen LogP contribution in [0.2, 0.25) is 0 Å². The fourth-order valence-electron chi connectivity index (χ4n) is 0.0236. The molecule has 0 unspecified atom stereocenters. The summed E-state index contributed by atoms with van der Waals surface area (Å²) in [6.07, 6.45) is 1.85. The zero-order valence-corrected chi connectivity index (χ0v) is 2.38. The number of carbonyl (C=O) groups excluding carboxylic acids is 1. The van der Waals surface area contributed by atoms with Gasteiger partial charge in [-0.2, -0.15) is 4.79 Å². The van der Waals surface area contributed by atoms with Crippen molar-refractivity contribution in [3.63, 3.8) is 0 Å². The molecule has 0 amide bonds. The SMILES string of the molecule is [N-]=[N+]=C[C]=O. The molecule has 0 atom stereocenters. The third kappa shape index (κ3) is 3.05. The molecule has 0 rings (SSSR count). The molecular weight excluding hydrogens is 68.0 g/mol. The van der Waals surface area contributed by atoms with Crippen molar-refractivity contribution in [1.29, 1.82) is 0 Å². The van der Waals surface area contributed by atoms with E-state index in [2.05, 4.69) is 4.79 Å². The van der Waals surface area contributed by atoms with Crippen LogP contribution >= 0.6 is 0 Å². The standard InChI is InChI=1S/C2HN2O/c3-4-1-2-5/h1H. The molecule has 0 heterocycles. The van der Waals surface area contributed by atoms with Gasteiger partial charge in [-0.05, 0) is 0 Å². The van der Waals surface area contributed by atoms with Crippen LogP contribution in [-0.4, -0.2) is 17.3 Å². The zero-order valence-electron chi connectivity index (χ0n) is 2.38. The Morgan fingerprint density at radius 1 is 2.00 bits per heavy atom. The van der Waals surface area contributed by atoms with Crippen molar-refractivity contribution in [2.75, 3.05) is 0 Å². The second-order valence-electron chi connectivity index (χ2n) is 0.362. The first-order valence-electron chi connectivity index (χ1n) is 0.951. The largest absolute Gasteiger partial charge is 0.361 e. The molecule has 0 aromatic heterocycles. The van der Waals surface area contributed by atoms with Gasteiger partial charge in [-0.25, -0.2) is 0 Å². The molecule has 25 valence electrons. The van der Waals surface area contributed by atoms with Gasteiger partial charge in [-0.15, -0.1) is 0 Å². The van der Waals surface area contributed by atoms with Gasteiger partial charge in [0.1, 0.15) is 0 Å². The monoisotopic (exact) mass is 69.0 g/mol. The van der Waals surface area contributed by atoms with E-state index in [1.165, 1.54) is 6.29 Å². The molecule has 3 heteroatoms. The van der Waals surface area contributed by atoms with E-state index < -0.39 is 0 Å². The molecule has 0 spiro atoms. The zero-order chi connectivity index (χ0) is 4.12. The van der Waals surface area contributed by atoms with Crippen molar-refractivity contribution in [2.24, 2.45) is 0 Å². The Labute approximate surface area is 28.8 Å². The fraction of sp³-hybridized carbons (Fsp3) is 0. The van der Waals surface area contributed by atoms with Gasteiger partial charge in [-0.1, -0.05) is 0 Å². The molecule has 0 aliphatic heterocycles. The Balaban J connectivity index is 3.31. The molecule has 0 N–H and O–H groups in total. The van der Waals surface area contributed by atoms with E-state index in [0.29, 0.717) is 6.21 Å². The lowest BCUT2D eigenvalue weighted by molar-refractivity contribution is 0.00642. The van der Waals surface area contributed by atoms with Crippen LogP contribution in [0.1, 0.15) is 0 Å². The molecule has 3 nitrogen and oxygen atoms in total. The minimum absolute atomic E-state index is 0.625. The highest BCUT2D eigenvalue weighted by Gasteiger charge is 1.62. The molecule has 0 bridgehead atoms. The second-order valence-corrected chi connectivity index (χ2v) is 0.362. The quantitative estimate of drug-likeness (QED) is 0.230. The van der Waals surface area contributed by atoms with Crippen LogP contribution in [0.5, 0.6) is 0 Å². The van der Waals surface area contributed by atoms with E-state index in [1.807, 2.05) is 0 Å². The fourth-order valence-corrected chi connectivity index (χ4v) is 0.0236. The Hall–Kier alpha value is -0.950. The average Bonchev–Trinajstić information content (AvgIpc) is 1.41. The predicted octanol–water partition coefficient (Wildman–Crippen LogP) is -0.603. The smallest absolute Gasteiger partial charge is 0.331 e. The van der Waals surface area contributed by atoms with E-state index in [9.17, 15) is 0 Å². The summed E-state index contributed by atoms with van der Waals surface area (Å²) >= 11 is 0. The molecule has 0 saturated heterocycles. The van der Waals surface area contributed by atoms with Crippen LogP contribution in [-0.2, 0) is 4.79 Å². The lowest BCUT2D eigenvalue weighted by Gasteiger charge is -1.32. The first-order chi connectivity index (χ1) is 2.41. The molecule has 0 aromatic rings. The topological polar surface area (TPSA) is 53.5 Å². The first-order valence-corrected chi connectivity index (χ1v) is 0.951. The number of nitrogens with zero attached hydrogens (tertiary/aromatic N) is 2. The van der Waals surface area contributed by atoms with Crippen molar-refractivity contribution in [3.8, 4) is 0 Å². The highest BCUT2D eigenvalue weighted by molar-refractivity contribution is 6.10. The average molecular weight is 69.0 g/mol. The van der Waals surface area contributed by atoms with Crippen molar-refractivity contribution in [1.82, 2.24) is 0 Å². The van der Waals surface area contributed by atoms with Crippen molar-refractivity contribution in [2.45, 2.75) is 0 Å². The summed E-state index contributed by atoms with van der Waals surface area (Å²) in [6.45, 7) is 0. The van der Waals surface area contributed by atoms with Crippen LogP contribution in [0.4, 0.5) is 0 Å². The minimum atomic E-state index is 0.625. The maximum Gasteiger partial charge on any atom is 0.331 e. The third-order valence-electron chi connectivity index (χ3n) is 0.110. The van der Waals surface area contributed by atoms with Crippen molar-refractivity contribution in [3.05, 3.63) is 5.53 Å². The van der Waals surface area contributed by atoms with Gasteiger partial charge in [-0.3, -0.25) is 4.79 Å². The minimum Gasteiger partial charge on any atom is -0.361 e. The summed E-state index contributed by atoms with van der Waals surface area (Å²) in [6, 6.07) is 0. The second kappa shape index (κ2) is 3.05. The lowest BCUT2D eigenvalue weighted by Crippen LogP contribution is -1.67. The molecule has 0 aliphatic rings. The van der Waals surface area contributed by atoms with E-state index in [1.54, 1.807) is 0 Å². The summed E-state index contributed by atoms with van der Waals surface area (Å²) in [7, 11) is 0. The van der Waals surface area contributed by atoms with Crippen LogP contribution in [0.25, 0.3) is 5.53 Å². The Kier molecular flexibility index (Phi) is 2.47. The predicted molar refractivity (Wildman–Crippen MR) is 15.4 cm³/mol. The van der Waals surface area contributed by atoms with Crippen LogP contribution in [0.3, 0.4) is 0 Å². The van der Waals surface area contributed by atoms with E-state index in [0.717, 1.165) is 0 Å². The number of hydrogen-bond donors (Lipinski definition) is 0. The van der Waals surface area contributed by atoms with Gasteiger partial charge in [0, 0.05) is 0 Å². The van der Waals surface area contributed by atoms with Crippen molar-refractivity contribution >= 4 is 12.5 Å². The molecule has 0 fully saturated rings. The Morgan fingerprint density at radius 2 is 2.60 bits per heavy atom. The van der Waals surface area contributed by atoms with Crippen LogP contribution in [0, 0.1) is 0 Å². The van der Waals surface area contributed by atoms with Crippen molar-refractivity contribution < 1.29 is 9.58 Å². The Morgan fingerprint density at radius 3 is 2.60 bits per heavy atom. The van der Waals surface area contributed by atoms with E-state index in [4.69, 9.17) is 10.3 Å². The van der Waals surface area contributed by atoms with Gasteiger partial charge in [0.15, 0.2) is 0 Å². The summed E-state index contributed by atoms with van der Waals surface area (Å²) in [5.41, 5.74) is 7.37. The molecule has 0 aromatic carbocycles. The summed E-state index contributed by atoms with van der Waals surface area (Å²) < 4.78 is 0. The summed E-state index contributed by atoms with van der Waals surface area (Å²) in [4.78, 5) is 11.3. The summed E-state index contributed by atoms with van der Waals surface area (Å²) in [5.74, 6) is 0. The van der Waals surface area contributed by atoms with Crippen LogP contribution in [0.15, 0.2) is 0 Å². The number of hydrogen-bond acceptors (Lipinski definition) is 1. The lowest BCUT2D eigenvalue weighted by atomic mass is 10.9. The van der Waals surface area contributed by atoms with Gasteiger partial charge in [0.05, 0.1) is 0 Å². The highest BCUT2D eigenvalue weighted by atomic mass is 16.1. The molecule has 0 aliphatic carbocycles. The highest BCUT2D eigenvalue weighted by Crippen LogP contribution is 1.18. The van der Waals surface area contributed by atoms with Gasteiger partial charge < -0.3 is 5.53 Å². The van der Waals surface area contributed by atoms with Gasteiger partial charge in [0.25, 0.3) is 0 Å². The molecule has 0 saturated carbocycles. The van der Waals surface area contributed by atoms with Gasteiger partial charge in [0.2, 0.25) is 0 Å². The van der Waals surface area contributed by atoms with E-state index >= 15 is 0 Å².